The van der Waals surface area contributed by atoms with E-state index in [1.807, 2.05) is 36.2 Å². The Bertz CT molecular complexity index is 442. The van der Waals surface area contributed by atoms with Crippen LogP contribution in [0, 0.1) is 6.92 Å². The minimum Gasteiger partial charge on any atom is -0.326 e. The summed E-state index contributed by atoms with van der Waals surface area (Å²) in [5.74, 6) is 0. The van der Waals surface area contributed by atoms with E-state index in [1.165, 1.54) is 4.88 Å². The molecule has 0 aliphatic rings. The summed E-state index contributed by atoms with van der Waals surface area (Å²) in [5, 5.41) is 7.13. The molecule has 0 spiro atoms. The Kier molecular flexibility index (Phi) is 3.33. The first kappa shape index (κ1) is 11.6. The highest BCUT2D eigenvalue weighted by molar-refractivity contribution is 7.10. The van der Waals surface area contributed by atoms with E-state index in [9.17, 15) is 0 Å². The largest absolute Gasteiger partial charge is 0.326 e. The number of aryl methyl sites for hydroxylation is 1. The van der Waals surface area contributed by atoms with Gasteiger partial charge in [-0.25, -0.2) is 0 Å². The Morgan fingerprint density at radius 2 is 2.31 bits per heavy atom. The first-order valence-corrected chi connectivity index (χ1v) is 6.35. The Balaban J connectivity index is 2.41. The van der Waals surface area contributed by atoms with Gasteiger partial charge in [-0.1, -0.05) is 17.7 Å². The van der Waals surface area contributed by atoms with Gasteiger partial charge >= 0.3 is 0 Å². The fourth-order valence-corrected chi connectivity index (χ4v) is 2.76. The Morgan fingerprint density at radius 1 is 1.56 bits per heavy atom. The molecule has 0 aliphatic heterocycles. The summed E-state index contributed by atoms with van der Waals surface area (Å²) >= 11 is 7.70. The second kappa shape index (κ2) is 4.57. The summed E-state index contributed by atoms with van der Waals surface area (Å²) in [6.07, 6.45) is 1.84. The number of thiophene rings is 1. The average molecular weight is 256 g/mol. The van der Waals surface area contributed by atoms with Gasteiger partial charge in [-0.15, -0.1) is 11.3 Å². The van der Waals surface area contributed by atoms with E-state index >= 15 is 0 Å². The minimum atomic E-state index is -0.00554. The molecule has 3 nitrogen and oxygen atoms in total. The van der Waals surface area contributed by atoms with Crippen molar-refractivity contribution in [1.82, 2.24) is 9.78 Å². The lowest BCUT2D eigenvalue weighted by Gasteiger charge is -2.19. The third-order valence-corrected chi connectivity index (χ3v) is 3.79. The van der Waals surface area contributed by atoms with Crippen LogP contribution in [-0.2, 0) is 0 Å². The highest BCUT2D eigenvalue weighted by atomic mass is 35.5. The van der Waals surface area contributed by atoms with Crippen molar-refractivity contribution in [3.05, 3.63) is 39.3 Å². The molecule has 0 saturated carbocycles. The monoisotopic (exact) mass is 255 g/mol. The van der Waals surface area contributed by atoms with Crippen LogP contribution in [0.25, 0.3) is 0 Å². The highest BCUT2D eigenvalue weighted by Gasteiger charge is 2.21. The summed E-state index contributed by atoms with van der Waals surface area (Å²) in [5.41, 5.74) is 6.86. The molecular formula is C11H14ClN3S. The maximum Gasteiger partial charge on any atom is 0.101 e. The van der Waals surface area contributed by atoms with Crippen LogP contribution in [0.4, 0.5) is 0 Å². The zero-order valence-electron chi connectivity index (χ0n) is 9.22. The zero-order valence-corrected chi connectivity index (χ0v) is 10.8. The van der Waals surface area contributed by atoms with Crippen LogP contribution < -0.4 is 5.73 Å². The van der Waals surface area contributed by atoms with Crippen LogP contribution in [0.2, 0.25) is 5.02 Å². The molecule has 2 atom stereocenters. The van der Waals surface area contributed by atoms with Gasteiger partial charge in [0.05, 0.1) is 10.7 Å². The second-order valence-corrected chi connectivity index (χ2v) is 5.25. The Morgan fingerprint density at radius 3 is 2.75 bits per heavy atom. The van der Waals surface area contributed by atoms with Crippen molar-refractivity contribution >= 4 is 22.9 Å². The summed E-state index contributed by atoms with van der Waals surface area (Å²) in [4.78, 5) is 1.20. The normalized spacial score (nSPS) is 15.0. The number of hydrogen-bond acceptors (Lipinski definition) is 3. The van der Waals surface area contributed by atoms with Gasteiger partial charge < -0.3 is 5.73 Å². The van der Waals surface area contributed by atoms with E-state index < -0.39 is 0 Å². The topological polar surface area (TPSA) is 43.8 Å². The molecule has 2 rings (SSSR count). The van der Waals surface area contributed by atoms with Crippen LogP contribution in [-0.4, -0.2) is 15.8 Å². The van der Waals surface area contributed by atoms with Gasteiger partial charge in [0.25, 0.3) is 0 Å². The maximum atomic E-state index is 6.02. The maximum absolute atomic E-state index is 6.02. The fraction of sp³-hybridized carbons (Fsp3) is 0.364. The smallest absolute Gasteiger partial charge is 0.101 e. The second-order valence-electron chi connectivity index (χ2n) is 3.86. The van der Waals surface area contributed by atoms with Gasteiger partial charge in [-0.2, -0.15) is 5.10 Å². The van der Waals surface area contributed by atoms with E-state index in [0.29, 0.717) is 5.02 Å². The first-order valence-electron chi connectivity index (χ1n) is 5.10. The van der Waals surface area contributed by atoms with E-state index in [4.69, 9.17) is 17.3 Å². The van der Waals surface area contributed by atoms with Crippen LogP contribution in [0.1, 0.15) is 23.5 Å². The van der Waals surface area contributed by atoms with Gasteiger partial charge in [0, 0.05) is 17.1 Å². The van der Waals surface area contributed by atoms with Crippen LogP contribution in [0.15, 0.2) is 23.7 Å². The van der Waals surface area contributed by atoms with Gasteiger partial charge in [0.2, 0.25) is 0 Å². The summed E-state index contributed by atoms with van der Waals surface area (Å²) in [6, 6.07) is 4.15. The molecular weight excluding hydrogens is 242 g/mol. The van der Waals surface area contributed by atoms with Gasteiger partial charge in [0.15, 0.2) is 0 Å². The SMILES string of the molecule is Cc1nn(C(c2cccs2)C(C)N)cc1Cl. The predicted octanol–water partition coefficient (Wildman–Crippen LogP) is 2.84. The standard InChI is InChI=1S/C11H14ClN3S/c1-7(13)11(10-4-3-5-16-10)15-6-9(12)8(2)14-15/h3-7,11H,13H2,1-2H3. The molecule has 0 saturated heterocycles. The Labute approximate surface area is 104 Å². The predicted molar refractivity (Wildman–Crippen MR) is 68.1 cm³/mol. The van der Waals surface area contributed by atoms with E-state index in [-0.39, 0.29) is 12.1 Å². The fourth-order valence-electron chi connectivity index (χ4n) is 1.69. The van der Waals surface area contributed by atoms with Gasteiger partial charge in [-0.05, 0) is 25.3 Å². The van der Waals surface area contributed by atoms with Crippen molar-refractivity contribution < 1.29 is 0 Å². The van der Waals surface area contributed by atoms with E-state index in [0.717, 1.165) is 5.69 Å². The van der Waals surface area contributed by atoms with Crippen LogP contribution >= 0.6 is 22.9 Å². The number of hydrogen-bond donors (Lipinski definition) is 1. The molecule has 0 radical (unpaired) electrons. The molecule has 0 fully saturated rings. The van der Waals surface area contributed by atoms with Crippen molar-refractivity contribution in [3.63, 3.8) is 0 Å². The molecule has 0 aromatic carbocycles. The van der Waals surface area contributed by atoms with Crippen LogP contribution in [0.3, 0.4) is 0 Å². The number of halogens is 1. The molecule has 86 valence electrons. The highest BCUT2D eigenvalue weighted by Crippen LogP contribution is 2.27. The molecule has 2 unspecified atom stereocenters. The molecule has 0 amide bonds. The number of aromatic nitrogens is 2. The lowest BCUT2D eigenvalue weighted by molar-refractivity contribution is 0.458. The third kappa shape index (κ3) is 2.14. The van der Waals surface area contributed by atoms with Gasteiger partial charge in [0.1, 0.15) is 6.04 Å². The Hall–Kier alpha value is -0.840. The molecule has 2 aromatic heterocycles. The summed E-state index contributed by atoms with van der Waals surface area (Å²) < 4.78 is 1.86. The number of nitrogens with zero attached hydrogens (tertiary/aromatic N) is 2. The molecule has 0 aliphatic carbocycles. The zero-order chi connectivity index (χ0) is 11.7. The van der Waals surface area contributed by atoms with E-state index in [1.54, 1.807) is 11.3 Å². The number of nitrogens with two attached hydrogens (primary N) is 1. The third-order valence-electron chi connectivity index (χ3n) is 2.47. The van der Waals surface area contributed by atoms with Crippen molar-refractivity contribution in [3.8, 4) is 0 Å². The molecule has 5 heteroatoms. The van der Waals surface area contributed by atoms with Gasteiger partial charge in [-0.3, -0.25) is 4.68 Å². The van der Waals surface area contributed by atoms with E-state index in [2.05, 4.69) is 11.2 Å². The first-order chi connectivity index (χ1) is 7.59. The van der Waals surface area contributed by atoms with Crippen molar-refractivity contribution in [2.24, 2.45) is 5.73 Å². The molecule has 2 aromatic rings. The quantitative estimate of drug-likeness (QED) is 0.917. The van der Waals surface area contributed by atoms with Crippen LogP contribution in [0.5, 0.6) is 0 Å². The summed E-state index contributed by atoms with van der Waals surface area (Å²) in [6.45, 7) is 3.88. The lowest BCUT2D eigenvalue weighted by atomic mass is 10.1. The minimum absolute atomic E-state index is 0.00554. The molecule has 0 bridgehead atoms. The van der Waals surface area contributed by atoms with Crippen molar-refractivity contribution in [2.45, 2.75) is 25.9 Å². The summed E-state index contributed by atoms with van der Waals surface area (Å²) in [7, 11) is 0. The average Bonchev–Trinajstić information content (AvgIpc) is 2.79. The van der Waals surface area contributed by atoms with Crippen molar-refractivity contribution in [2.75, 3.05) is 0 Å². The molecule has 16 heavy (non-hydrogen) atoms. The molecule has 2 heterocycles. The van der Waals surface area contributed by atoms with Crippen molar-refractivity contribution in [1.29, 1.82) is 0 Å². The molecule has 2 N–H and O–H groups in total. The lowest BCUT2D eigenvalue weighted by Crippen LogP contribution is -2.30. The number of rotatable bonds is 3.